The molecular formula is C105H114ClF5O5. The van der Waals surface area contributed by atoms with Crippen LogP contribution in [0.25, 0.3) is 0 Å². The molecule has 0 unspecified atom stereocenters. The molecule has 116 heavy (non-hydrogen) atoms. The van der Waals surface area contributed by atoms with Crippen molar-refractivity contribution in [2.24, 2.45) is 0 Å². The third kappa shape index (κ3) is 29.1. The van der Waals surface area contributed by atoms with Crippen molar-refractivity contribution in [3.05, 3.63) is 397 Å². The highest BCUT2D eigenvalue weighted by atomic mass is 35.5. The highest BCUT2D eigenvalue weighted by molar-refractivity contribution is 6.30. The third-order valence-electron chi connectivity index (χ3n) is 21.2. The Kier molecular flexibility index (Phi) is 35.1. The molecule has 13 rings (SSSR count). The Balaban J connectivity index is 0.000000163. The minimum Gasteiger partial charge on any atom is -0.497 e. The zero-order valence-corrected chi connectivity index (χ0v) is 69.5. The van der Waals surface area contributed by atoms with Crippen LogP contribution in [-0.2, 0) is 32.1 Å². The Bertz CT molecular complexity index is 4790. The fraction of sp³-hybridized carbons (Fsp3) is 0.314. The predicted molar refractivity (Wildman–Crippen MR) is 467 cm³/mol. The van der Waals surface area contributed by atoms with E-state index in [1.165, 1.54) is 79.9 Å². The van der Waals surface area contributed by atoms with Crippen LogP contribution in [0.3, 0.4) is 0 Å². The second-order valence-corrected chi connectivity index (χ2v) is 31.5. The van der Waals surface area contributed by atoms with Crippen LogP contribution in [0.5, 0.6) is 28.7 Å². The molecule has 0 saturated carbocycles. The fourth-order valence-corrected chi connectivity index (χ4v) is 15.3. The molecule has 12 aromatic rings. The van der Waals surface area contributed by atoms with Gasteiger partial charge in [-0.2, -0.15) is 0 Å². The lowest BCUT2D eigenvalue weighted by atomic mass is 9.86. The number of rotatable bonds is 35. The lowest BCUT2D eigenvalue weighted by Crippen LogP contribution is -2.06. The first-order chi connectivity index (χ1) is 56.3. The van der Waals surface area contributed by atoms with Gasteiger partial charge < -0.3 is 23.7 Å². The Morgan fingerprint density at radius 2 is 0.603 bits per heavy atom. The van der Waals surface area contributed by atoms with Gasteiger partial charge in [0.1, 0.15) is 57.8 Å². The Morgan fingerprint density at radius 1 is 0.319 bits per heavy atom. The lowest BCUT2D eigenvalue weighted by Gasteiger charge is -2.19. The highest BCUT2D eigenvalue weighted by Gasteiger charge is 2.21. The van der Waals surface area contributed by atoms with E-state index in [4.69, 9.17) is 35.3 Å². The molecule has 5 nitrogen and oxygen atoms in total. The molecule has 0 spiro atoms. The average molecular weight is 1590 g/mol. The van der Waals surface area contributed by atoms with E-state index in [0.29, 0.717) is 0 Å². The van der Waals surface area contributed by atoms with Gasteiger partial charge in [0.05, 0.1) is 32.0 Å². The summed E-state index contributed by atoms with van der Waals surface area (Å²) in [5, 5.41) is 0.773. The predicted octanol–water partition coefficient (Wildman–Crippen LogP) is 28.9. The van der Waals surface area contributed by atoms with Crippen LogP contribution in [0.2, 0.25) is 5.02 Å². The van der Waals surface area contributed by atoms with Gasteiger partial charge in [-0.3, -0.25) is 0 Å². The maximum atomic E-state index is 13.5. The maximum absolute atomic E-state index is 13.5. The summed E-state index contributed by atoms with van der Waals surface area (Å²) >= 11 is 5.96. The molecule has 0 fully saturated rings. The molecule has 0 N–H and O–H groups in total. The normalized spacial score (nSPS) is 12.5. The Hall–Kier alpha value is -10.4. The molecule has 0 amide bonds. The van der Waals surface area contributed by atoms with Crippen molar-refractivity contribution in [3.63, 3.8) is 0 Å². The molecule has 606 valence electrons. The van der Waals surface area contributed by atoms with E-state index in [1.807, 2.05) is 163 Å². The summed E-state index contributed by atoms with van der Waals surface area (Å²) in [6.07, 6.45) is 18.5. The third-order valence-corrected chi connectivity index (χ3v) is 21.5. The SMILES string of the molecule is CC(C)Oc1ccc([C@H](CCCCc2ccc(Cl)cc2)c2ccc(F)cc2)cc1.CC(C)Oc1ccc([C@H](CCCCc2ccc3c(c2)CCO3)c2ccc(F)cc2)cc1.COc1ccc([C@H](CCCCc2ccc(F)cc2)c2ccc(F)cc2)cc1.Cc1ccccc1CCCC[C@H](c1ccc(F)cc1)c1ccc(OC(C)C)cc1. The standard InChI is InChI=1S/C28H31FO2.C27H31FO.C26H28ClFO.C24H24F2O/c1-20(2)31-26-14-10-23(11-15-26)27(22-8-12-25(29)13-9-22)6-4-3-5-21-7-16-28-24(19-21)17-18-30-28;1-20(2)29-26-18-14-24(15-19-26)27(23-12-16-25(28)17-13-23)11-7-6-10-22-9-5-4-8-21(22)3;1-19(2)29-25-17-11-22(12-18-25)26(21-9-15-24(28)16-10-21)6-4-3-5-20-7-13-23(27)14-8-20;1-27-23-16-10-20(11-17-23)24(19-8-14-22(26)15-9-19)5-3-2-4-18-6-12-21(25)13-7-18/h7-16,19-20,27H,3-6,17-18H2,1-2H3;4-5,8-9,12-20,27H,6-7,10-11H2,1-3H3;7-19,26H,3-6H2,1-2H3;6-17,24H,2-5H2,1H3/t2*27-;26-;24-/m1111/s1. The van der Waals surface area contributed by atoms with Gasteiger partial charge in [0.25, 0.3) is 0 Å². The summed E-state index contributed by atoms with van der Waals surface area (Å²) < 4.78 is 94.9. The minimum atomic E-state index is -0.219. The van der Waals surface area contributed by atoms with Crippen molar-refractivity contribution < 1.29 is 45.6 Å². The zero-order valence-electron chi connectivity index (χ0n) is 68.7. The monoisotopic (exact) mass is 1580 g/mol. The number of fused-ring (bicyclic) bond motifs is 1. The number of methoxy groups -OCH3 is 1. The van der Waals surface area contributed by atoms with Gasteiger partial charge in [0, 0.05) is 35.1 Å². The van der Waals surface area contributed by atoms with Crippen LogP contribution in [0.4, 0.5) is 22.0 Å². The molecule has 1 aliphatic rings. The number of hydrogen-bond acceptors (Lipinski definition) is 5. The van der Waals surface area contributed by atoms with Crippen LogP contribution in [0.1, 0.15) is 220 Å². The number of ether oxygens (including phenoxy) is 5. The van der Waals surface area contributed by atoms with Gasteiger partial charge in [-0.25, -0.2) is 22.0 Å². The molecular weight excluding hydrogens is 1470 g/mol. The Labute approximate surface area is 692 Å². The molecule has 12 aromatic carbocycles. The topological polar surface area (TPSA) is 46.2 Å². The van der Waals surface area contributed by atoms with Crippen LogP contribution in [-0.4, -0.2) is 32.0 Å². The van der Waals surface area contributed by atoms with Crippen LogP contribution >= 0.6 is 11.6 Å². The molecule has 4 atom stereocenters. The minimum absolute atomic E-state index is 0.154. The molecule has 0 aromatic heterocycles. The van der Waals surface area contributed by atoms with Gasteiger partial charge in [0.15, 0.2) is 0 Å². The van der Waals surface area contributed by atoms with Crippen LogP contribution in [0.15, 0.2) is 285 Å². The van der Waals surface area contributed by atoms with Gasteiger partial charge in [-0.05, 0) is 331 Å². The lowest BCUT2D eigenvalue weighted by molar-refractivity contribution is 0.242. The smallest absolute Gasteiger partial charge is 0.123 e. The van der Waals surface area contributed by atoms with E-state index in [2.05, 4.69) is 110 Å². The van der Waals surface area contributed by atoms with Crippen LogP contribution in [0, 0.1) is 36.0 Å². The van der Waals surface area contributed by atoms with Gasteiger partial charge in [0.2, 0.25) is 0 Å². The molecule has 0 bridgehead atoms. The fourth-order valence-electron chi connectivity index (χ4n) is 15.2. The van der Waals surface area contributed by atoms with Crippen molar-refractivity contribution in [1.82, 2.24) is 0 Å². The summed E-state index contributed by atoms with van der Waals surface area (Å²) in [6, 6.07) is 90.7. The molecule has 0 aliphatic carbocycles. The summed E-state index contributed by atoms with van der Waals surface area (Å²) in [6.45, 7) is 15.2. The first-order valence-electron chi connectivity index (χ1n) is 41.5. The molecule has 0 saturated heterocycles. The van der Waals surface area contributed by atoms with E-state index in [1.54, 1.807) is 43.5 Å². The summed E-state index contributed by atoms with van der Waals surface area (Å²) in [4.78, 5) is 0. The average Bonchev–Trinajstić information content (AvgIpc) is 1.12. The van der Waals surface area contributed by atoms with Gasteiger partial charge in [-0.1, -0.05) is 195 Å². The van der Waals surface area contributed by atoms with E-state index in [9.17, 15) is 22.0 Å². The summed E-state index contributed by atoms with van der Waals surface area (Å²) in [5.74, 6) is 4.51. The highest BCUT2D eigenvalue weighted by Crippen LogP contribution is 2.37. The first-order valence-corrected chi connectivity index (χ1v) is 41.9. The second kappa shape index (κ2) is 46.4. The maximum Gasteiger partial charge on any atom is 0.123 e. The van der Waals surface area contributed by atoms with Crippen molar-refractivity contribution in [3.8, 4) is 28.7 Å². The second-order valence-electron chi connectivity index (χ2n) is 31.1. The molecule has 0 radical (unpaired) electrons. The van der Waals surface area contributed by atoms with E-state index in [0.717, 1.165) is 172 Å². The summed E-state index contributed by atoms with van der Waals surface area (Å²) in [5.41, 5.74) is 17.5. The van der Waals surface area contributed by atoms with Crippen molar-refractivity contribution in [1.29, 1.82) is 0 Å². The van der Waals surface area contributed by atoms with Crippen molar-refractivity contribution in [2.75, 3.05) is 13.7 Å². The van der Waals surface area contributed by atoms with Gasteiger partial charge >= 0.3 is 0 Å². The molecule has 1 heterocycles. The van der Waals surface area contributed by atoms with Gasteiger partial charge in [-0.15, -0.1) is 0 Å². The zero-order chi connectivity index (χ0) is 82.0. The van der Waals surface area contributed by atoms with Crippen LogP contribution < -0.4 is 23.7 Å². The summed E-state index contributed by atoms with van der Waals surface area (Å²) in [7, 11) is 1.65. The number of hydrogen-bond donors (Lipinski definition) is 0. The number of benzene rings is 12. The Morgan fingerprint density at radius 3 is 0.931 bits per heavy atom. The number of unbranched alkanes of at least 4 members (excludes halogenated alkanes) is 4. The largest absolute Gasteiger partial charge is 0.497 e. The number of halogens is 6. The van der Waals surface area contributed by atoms with Crippen molar-refractivity contribution in [2.45, 2.75) is 200 Å². The first kappa shape index (κ1) is 88.0. The van der Waals surface area contributed by atoms with Crippen molar-refractivity contribution >= 4 is 11.6 Å². The van der Waals surface area contributed by atoms with E-state index in [-0.39, 0.29) is 71.1 Å². The number of aryl methyl sites for hydroxylation is 5. The van der Waals surface area contributed by atoms with E-state index < -0.39 is 0 Å². The molecule has 11 heteroatoms. The molecule has 1 aliphatic heterocycles. The quantitative estimate of drug-likeness (QED) is 0.0293. The van der Waals surface area contributed by atoms with E-state index >= 15 is 0 Å².